The van der Waals surface area contributed by atoms with Crippen molar-refractivity contribution in [2.24, 2.45) is 5.73 Å². The van der Waals surface area contributed by atoms with Gasteiger partial charge >= 0.3 is 6.16 Å². The molecule has 1 saturated carbocycles. The predicted molar refractivity (Wildman–Crippen MR) is 70.2 cm³/mol. The van der Waals surface area contributed by atoms with Gasteiger partial charge in [0, 0.05) is 18.0 Å². The molecule has 0 spiro atoms. The first-order chi connectivity index (χ1) is 9.45. The van der Waals surface area contributed by atoms with Crippen LogP contribution in [0, 0.1) is 5.82 Å². The average molecular weight is 283 g/mol. The molecule has 1 aromatic carbocycles. The minimum absolute atomic E-state index is 0.137. The van der Waals surface area contributed by atoms with Crippen LogP contribution >= 0.6 is 0 Å². The molecule has 6 heteroatoms. The lowest BCUT2D eigenvalue weighted by atomic mass is 10.1. The normalized spacial score (nSPS) is 23.4. The van der Waals surface area contributed by atoms with Crippen LogP contribution in [0.2, 0.25) is 0 Å². The predicted octanol–water partition coefficient (Wildman–Crippen LogP) is 2.84. The van der Waals surface area contributed by atoms with Crippen molar-refractivity contribution in [3.8, 4) is 5.75 Å². The molecule has 0 aliphatic heterocycles. The summed E-state index contributed by atoms with van der Waals surface area (Å²) in [5, 5.41) is 8.58. The van der Waals surface area contributed by atoms with Gasteiger partial charge in [-0.25, -0.2) is 9.18 Å². The lowest BCUT2D eigenvalue weighted by molar-refractivity contribution is 0.0497. The first-order valence-corrected chi connectivity index (χ1v) is 6.57. The summed E-state index contributed by atoms with van der Waals surface area (Å²) in [5.74, 6) is 0.186. The Balaban J connectivity index is 2.02. The molecule has 0 saturated heterocycles. The van der Waals surface area contributed by atoms with Gasteiger partial charge < -0.3 is 20.3 Å². The highest BCUT2D eigenvalue weighted by Crippen LogP contribution is 2.31. The molecule has 3 N–H and O–H groups in total. The van der Waals surface area contributed by atoms with Crippen LogP contribution in [-0.2, 0) is 4.74 Å². The van der Waals surface area contributed by atoms with E-state index < -0.39 is 6.16 Å². The Morgan fingerprint density at radius 1 is 1.45 bits per heavy atom. The molecule has 1 fully saturated rings. The van der Waals surface area contributed by atoms with E-state index in [4.69, 9.17) is 20.3 Å². The van der Waals surface area contributed by atoms with Gasteiger partial charge in [0.2, 0.25) is 0 Å². The fourth-order valence-corrected chi connectivity index (χ4v) is 2.42. The number of ether oxygens (including phenoxy) is 2. The van der Waals surface area contributed by atoms with E-state index in [1.54, 1.807) is 13.0 Å². The molecular formula is C14H18FNO4. The zero-order chi connectivity index (χ0) is 14.7. The number of carboxylic acid groups (broad SMARTS) is 1. The van der Waals surface area contributed by atoms with E-state index in [1.165, 1.54) is 12.1 Å². The number of halogens is 1. The summed E-state index contributed by atoms with van der Waals surface area (Å²) in [7, 11) is 0. The molecule has 5 nitrogen and oxygen atoms in total. The van der Waals surface area contributed by atoms with E-state index in [0.29, 0.717) is 30.6 Å². The Labute approximate surface area is 116 Å². The molecule has 0 radical (unpaired) electrons. The fraction of sp³-hybridized carbons (Fsp3) is 0.500. The van der Waals surface area contributed by atoms with Crippen LogP contribution in [0.15, 0.2) is 18.2 Å². The Hall–Kier alpha value is -1.82. The van der Waals surface area contributed by atoms with Crippen LogP contribution in [0.4, 0.5) is 9.18 Å². The summed E-state index contributed by atoms with van der Waals surface area (Å²) in [4.78, 5) is 10.5. The van der Waals surface area contributed by atoms with E-state index in [2.05, 4.69) is 0 Å². The van der Waals surface area contributed by atoms with E-state index in [-0.39, 0.29) is 24.1 Å². The van der Waals surface area contributed by atoms with E-state index in [1.807, 2.05) is 0 Å². The average Bonchev–Trinajstić information content (AvgIpc) is 2.77. The van der Waals surface area contributed by atoms with Gasteiger partial charge in [-0.05, 0) is 38.0 Å². The minimum atomic E-state index is -1.27. The summed E-state index contributed by atoms with van der Waals surface area (Å²) >= 11 is 0. The molecule has 1 aliphatic carbocycles. The van der Waals surface area contributed by atoms with Crippen molar-refractivity contribution in [3.63, 3.8) is 0 Å². The first-order valence-electron chi connectivity index (χ1n) is 6.57. The Morgan fingerprint density at radius 2 is 2.15 bits per heavy atom. The van der Waals surface area contributed by atoms with Gasteiger partial charge in [-0.2, -0.15) is 0 Å². The van der Waals surface area contributed by atoms with Gasteiger partial charge in [0.1, 0.15) is 23.8 Å². The Kier molecular flexibility index (Phi) is 4.44. The summed E-state index contributed by atoms with van der Waals surface area (Å²) in [6.45, 7) is 1.76. The highest BCUT2D eigenvalue weighted by molar-refractivity contribution is 5.57. The van der Waals surface area contributed by atoms with Crippen LogP contribution in [0.5, 0.6) is 5.75 Å². The number of carbonyl (C=O) groups is 1. The lowest BCUT2D eigenvalue weighted by Crippen LogP contribution is -2.18. The zero-order valence-corrected chi connectivity index (χ0v) is 11.2. The standard InChI is InChI=1S/C14H18FNO4/c1-8(16)12-6-9(15)2-5-13(12)19-10-3-4-11(7-10)20-14(17)18/h2,5-6,8,10-11H,3-4,7,16H2,1H3,(H,17,18)/t8-,10+,11-/m1/s1. The third kappa shape index (κ3) is 3.60. The Bertz CT molecular complexity index is 492. The summed E-state index contributed by atoms with van der Waals surface area (Å²) in [6, 6.07) is 3.90. The van der Waals surface area contributed by atoms with Crippen molar-refractivity contribution in [2.75, 3.05) is 0 Å². The molecule has 0 aromatic heterocycles. The van der Waals surface area contributed by atoms with Gasteiger partial charge in [-0.1, -0.05) is 0 Å². The second-order valence-corrected chi connectivity index (χ2v) is 5.03. The number of hydrogen-bond donors (Lipinski definition) is 2. The minimum Gasteiger partial charge on any atom is -0.490 e. The lowest BCUT2D eigenvalue weighted by Gasteiger charge is -2.18. The number of rotatable bonds is 4. The highest BCUT2D eigenvalue weighted by Gasteiger charge is 2.29. The highest BCUT2D eigenvalue weighted by atomic mass is 19.1. The molecular weight excluding hydrogens is 265 g/mol. The van der Waals surface area contributed by atoms with Crippen molar-refractivity contribution in [3.05, 3.63) is 29.6 Å². The van der Waals surface area contributed by atoms with Crippen molar-refractivity contribution < 1.29 is 23.8 Å². The maximum atomic E-state index is 13.2. The third-order valence-electron chi connectivity index (χ3n) is 3.36. The third-order valence-corrected chi connectivity index (χ3v) is 3.36. The van der Waals surface area contributed by atoms with Gasteiger partial charge in [0.25, 0.3) is 0 Å². The van der Waals surface area contributed by atoms with E-state index >= 15 is 0 Å². The molecule has 0 bridgehead atoms. The van der Waals surface area contributed by atoms with Gasteiger partial charge in [0.05, 0.1) is 0 Å². The van der Waals surface area contributed by atoms with Crippen molar-refractivity contribution in [1.82, 2.24) is 0 Å². The van der Waals surface area contributed by atoms with Gasteiger partial charge in [-0.3, -0.25) is 0 Å². The Morgan fingerprint density at radius 3 is 2.80 bits per heavy atom. The zero-order valence-electron chi connectivity index (χ0n) is 11.2. The molecule has 1 aromatic rings. The quantitative estimate of drug-likeness (QED) is 0.830. The number of hydrogen-bond acceptors (Lipinski definition) is 4. The molecule has 0 heterocycles. The van der Waals surface area contributed by atoms with Gasteiger partial charge in [-0.15, -0.1) is 0 Å². The van der Waals surface area contributed by atoms with Crippen LogP contribution in [0.25, 0.3) is 0 Å². The van der Waals surface area contributed by atoms with Crippen LogP contribution < -0.4 is 10.5 Å². The second-order valence-electron chi connectivity index (χ2n) is 5.03. The smallest absolute Gasteiger partial charge is 0.490 e. The fourth-order valence-electron chi connectivity index (χ4n) is 2.42. The topological polar surface area (TPSA) is 81.8 Å². The molecule has 3 atom stereocenters. The van der Waals surface area contributed by atoms with Gasteiger partial charge in [0.15, 0.2) is 0 Å². The van der Waals surface area contributed by atoms with Crippen molar-refractivity contribution in [1.29, 1.82) is 0 Å². The van der Waals surface area contributed by atoms with Crippen LogP contribution in [0.3, 0.4) is 0 Å². The number of nitrogens with two attached hydrogens (primary N) is 1. The number of benzene rings is 1. The molecule has 1 aliphatic rings. The molecule has 0 unspecified atom stereocenters. The van der Waals surface area contributed by atoms with Crippen LogP contribution in [0.1, 0.15) is 37.8 Å². The van der Waals surface area contributed by atoms with Crippen LogP contribution in [-0.4, -0.2) is 23.5 Å². The maximum absolute atomic E-state index is 13.2. The summed E-state index contributed by atoms with van der Waals surface area (Å²) < 4.78 is 23.8. The first kappa shape index (κ1) is 14.6. The molecule has 110 valence electrons. The SMILES string of the molecule is C[C@@H](N)c1cc(F)ccc1O[C@H]1CC[C@@H](OC(=O)O)C1. The largest absolute Gasteiger partial charge is 0.506 e. The van der Waals surface area contributed by atoms with E-state index in [9.17, 15) is 9.18 Å². The molecule has 20 heavy (non-hydrogen) atoms. The van der Waals surface area contributed by atoms with E-state index in [0.717, 1.165) is 0 Å². The summed E-state index contributed by atoms with van der Waals surface area (Å²) in [5.41, 5.74) is 6.41. The monoisotopic (exact) mass is 283 g/mol. The maximum Gasteiger partial charge on any atom is 0.506 e. The molecule has 2 rings (SSSR count). The van der Waals surface area contributed by atoms with Crippen molar-refractivity contribution >= 4 is 6.16 Å². The summed E-state index contributed by atoms with van der Waals surface area (Å²) in [6.07, 6.45) is 0.0919. The van der Waals surface area contributed by atoms with Crippen molar-refractivity contribution in [2.45, 2.75) is 44.4 Å². The molecule has 0 amide bonds. The second kappa shape index (κ2) is 6.09.